The molecule has 2 rings (SSSR count). The van der Waals surface area contributed by atoms with Crippen LogP contribution in [-0.2, 0) is 16.6 Å². The molecule has 1 atom stereocenters. The normalized spacial score (nSPS) is 13.3. The monoisotopic (exact) mass is 336 g/mol. The van der Waals surface area contributed by atoms with Gasteiger partial charge in [-0.3, -0.25) is 4.90 Å². The molecule has 0 aliphatic heterocycles. The van der Waals surface area contributed by atoms with Gasteiger partial charge in [-0.2, -0.15) is 0 Å². The summed E-state index contributed by atoms with van der Waals surface area (Å²) in [6.45, 7) is 4.57. The van der Waals surface area contributed by atoms with Crippen LogP contribution in [0.5, 0.6) is 0 Å². The van der Waals surface area contributed by atoms with Crippen LogP contribution in [0.25, 0.3) is 0 Å². The van der Waals surface area contributed by atoms with Gasteiger partial charge in [-0.15, -0.1) is 0 Å². The summed E-state index contributed by atoms with van der Waals surface area (Å²) < 4.78 is 36.0. The lowest BCUT2D eigenvalue weighted by molar-refractivity contribution is 0.252. The molecule has 0 bridgehead atoms. The fourth-order valence-corrected chi connectivity index (χ4v) is 2.92. The van der Waals surface area contributed by atoms with E-state index in [2.05, 4.69) is 4.90 Å². The predicted octanol–water partition coefficient (Wildman–Crippen LogP) is 2.97. The zero-order valence-electron chi connectivity index (χ0n) is 13.5. The molecule has 2 N–H and O–H groups in total. The van der Waals surface area contributed by atoms with Gasteiger partial charge in [0, 0.05) is 12.6 Å². The summed E-state index contributed by atoms with van der Waals surface area (Å²) in [5, 5.41) is 5.10. The Bertz CT molecular complexity index is 789. The van der Waals surface area contributed by atoms with Crippen molar-refractivity contribution in [1.82, 2.24) is 4.90 Å². The minimum absolute atomic E-state index is 0.0483. The topological polar surface area (TPSA) is 63.4 Å². The molecule has 6 heteroatoms. The van der Waals surface area contributed by atoms with E-state index < -0.39 is 10.0 Å². The number of hydrogen-bond donors (Lipinski definition) is 1. The molecule has 124 valence electrons. The smallest absolute Gasteiger partial charge is 0.238 e. The molecule has 0 amide bonds. The van der Waals surface area contributed by atoms with Crippen molar-refractivity contribution in [1.29, 1.82) is 0 Å². The van der Waals surface area contributed by atoms with E-state index in [1.165, 1.54) is 18.2 Å². The van der Waals surface area contributed by atoms with Gasteiger partial charge in [0.1, 0.15) is 5.82 Å². The first-order valence-electron chi connectivity index (χ1n) is 7.26. The van der Waals surface area contributed by atoms with Crippen molar-refractivity contribution in [2.45, 2.75) is 31.3 Å². The third kappa shape index (κ3) is 4.37. The van der Waals surface area contributed by atoms with Crippen LogP contribution in [-0.4, -0.2) is 20.4 Å². The van der Waals surface area contributed by atoms with E-state index in [1.54, 1.807) is 24.3 Å². The third-order valence-corrected chi connectivity index (χ3v) is 5.01. The summed E-state index contributed by atoms with van der Waals surface area (Å²) in [4.78, 5) is 2.17. The van der Waals surface area contributed by atoms with E-state index in [0.717, 1.165) is 16.7 Å². The van der Waals surface area contributed by atoms with Gasteiger partial charge in [-0.05, 0) is 61.9 Å². The number of rotatable bonds is 5. The van der Waals surface area contributed by atoms with Crippen LogP contribution in [0.1, 0.15) is 29.7 Å². The van der Waals surface area contributed by atoms with Crippen molar-refractivity contribution in [2.24, 2.45) is 5.14 Å². The molecule has 2 aromatic rings. The molecule has 0 unspecified atom stereocenters. The van der Waals surface area contributed by atoms with Gasteiger partial charge in [0.2, 0.25) is 10.0 Å². The average Bonchev–Trinajstić information content (AvgIpc) is 2.49. The van der Waals surface area contributed by atoms with E-state index >= 15 is 0 Å². The number of halogens is 1. The molecule has 0 radical (unpaired) electrons. The molecule has 0 heterocycles. The van der Waals surface area contributed by atoms with Gasteiger partial charge < -0.3 is 0 Å². The zero-order valence-corrected chi connectivity index (χ0v) is 14.3. The number of aryl methyl sites for hydroxylation is 1. The molecule has 0 spiro atoms. The average molecular weight is 336 g/mol. The highest BCUT2D eigenvalue weighted by Crippen LogP contribution is 2.23. The van der Waals surface area contributed by atoms with Crippen molar-refractivity contribution in [3.63, 3.8) is 0 Å². The Labute approximate surface area is 136 Å². The van der Waals surface area contributed by atoms with Crippen LogP contribution in [0.15, 0.2) is 47.4 Å². The Kier molecular flexibility index (Phi) is 5.19. The lowest BCUT2D eigenvalue weighted by Crippen LogP contribution is -2.22. The Morgan fingerprint density at radius 1 is 1.17 bits per heavy atom. The summed E-state index contributed by atoms with van der Waals surface area (Å²) in [5.74, 6) is -0.246. The second-order valence-corrected chi connectivity index (χ2v) is 7.34. The highest BCUT2D eigenvalue weighted by Gasteiger charge is 2.15. The first-order valence-corrected chi connectivity index (χ1v) is 8.81. The maximum Gasteiger partial charge on any atom is 0.238 e. The molecule has 23 heavy (non-hydrogen) atoms. The molecule has 0 aromatic heterocycles. The zero-order chi connectivity index (χ0) is 17.2. The van der Waals surface area contributed by atoms with Crippen LogP contribution in [0.2, 0.25) is 0 Å². The number of nitrogens with two attached hydrogens (primary N) is 1. The van der Waals surface area contributed by atoms with Crippen LogP contribution in [0, 0.1) is 12.7 Å². The largest absolute Gasteiger partial charge is 0.295 e. The van der Waals surface area contributed by atoms with Crippen molar-refractivity contribution in [3.05, 3.63) is 65.0 Å². The minimum atomic E-state index is -3.68. The van der Waals surface area contributed by atoms with Gasteiger partial charge >= 0.3 is 0 Å². The van der Waals surface area contributed by atoms with Gasteiger partial charge in [-0.25, -0.2) is 17.9 Å². The van der Waals surface area contributed by atoms with Crippen LogP contribution < -0.4 is 5.14 Å². The minimum Gasteiger partial charge on any atom is -0.295 e. The van der Waals surface area contributed by atoms with Gasteiger partial charge in [0.15, 0.2) is 0 Å². The Morgan fingerprint density at radius 2 is 1.78 bits per heavy atom. The maximum atomic E-state index is 13.4. The first-order chi connectivity index (χ1) is 10.7. The second-order valence-electron chi connectivity index (χ2n) is 5.78. The molecule has 0 saturated carbocycles. The summed E-state index contributed by atoms with van der Waals surface area (Å²) in [6, 6.07) is 11.3. The summed E-state index contributed by atoms with van der Waals surface area (Å²) >= 11 is 0. The maximum absolute atomic E-state index is 13.4. The fraction of sp³-hybridized carbons (Fsp3) is 0.294. The number of primary sulfonamides is 1. The lowest BCUT2D eigenvalue weighted by Gasteiger charge is -2.26. The van der Waals surface area contributed by atoms with E-state index in [4.69, 9.17) is 5.14 Å². The van der Waals surface area contributed by atoms with Crippen molar-refractivity contribution < 1.29 is 12.8 Å². The third-order valence-electron chi connectivity index (χ3n) is 4.08. The van der Waals surface area contributed by atoms with Gasteiger partial charge in [0.05, 0.1) is 4.90 Å². The first kappa shape index (κ1) is 17.6. The fourth-order valence-electron chi connectivity index (χ4n) is 2.41. The molecule has 2 aromatic carbocycles. The summed E-state index contributed by atoms with van der Waals surface area (Å²) in [7, 11) is -1.73. The quantitative estimate of drug-likeness (QED) is 0.913. The number of nitrogens with zero attached hydrogens (tertiary/aromatic N) is 1. The van der Waals surface area contributed by atoms with Gasteiger partial charge in [0.25, 0.3) is 0 Å². The van der Waals surface area contributed by atoms with Crippen molar-refractivity contribution in [2.75, 3.05) is 7.05 Å². The Morgan fingerprint density at radius 3 is 2.35 bits per heavy atom. The van der Waals surface area contributed by atoms with Crippen LogP contribution in [0.4, 0.5) is 4.39 Å². The Hall–Kier alpha value is -1.76. The van der Waals surface area contributed by atoms with Crippen molar-refractivity contribution >= 4 is 10.0 Å². The van der Waals surface area contributed by atoms with Gasteiger partial charge in [-0.1, -0.05) is 18.2 Å². The molecule has 0 aliphatic rings. The molecule has 0 saturated heterocycles. The second kappa shape index (κ2) is 6.78. The van der Waals surface area contributed by atoms with Crippen molar-refractivity contribution in [3.8, 4) is 0 Å². The number of hydrogen-bond acceptors (Lipinski definition) is 3. The molecule has 0 aliphatic carbocycles. The van der Waals surface area contributed by atoms with E-state index in [1.807, 2.05) is 20.9 Å². The summed E-state index contributed by atoms with van der Waals surface area (Å²) in [6.07, 6.45) is 0. The van der Waals surface area contributed by atoms with E-state index in [-0.39, 0.29) is 16.8 Å². The SMILES string of the molecule is Cc1ccc(F)cc1CN(C)[C@H](C)c1ccc(S(N)(=O)=O)cc1. The molecular formula is C17H21FN2O2S. The van der Waals surface area contributed by atoms with E-state index in [9.17, 15) is 12.8 Å². The molecule has 0 fully saturated rings. The predicted molar refractivity (Wildman–Crippen MR) is 88.8 cm³/mol. The lowest BCUT2D eigenvalue weighted by atomic mass is 10.0. The van der Waals surface area contributed by atoms with Crippen LogP contribution in [0.3, 0.4) is 0 Å². The molecular weight excluding hydrogens is 315 g/mol. The van der Waals surface area contributed by atoms with E-state index in [0.29, 0.717) is 6.54 Å². The highest BCUT2D eigenvalue weighted by atomic mass is 32.2. The summed E-state index contributed by atoms with van der Waals surface area (Å²) in [5.41, 5.74) is 2.93. The number of sulfonamides is 1. The Balaban J connectivity index is 2.16. The number of benzene rings is 2. The van der Waals surface area contributed by atoms with Crippen LogP contribution >= 0.6 is 0 Å². The highest BCUT2D eigenvalue weighted by molar-refractivity contribution is 7.89. The molecule has 4 nitrogen and oxygen atoms in total. The standard InChI is InChI=1S/C17H21FN2O2S/c1-12-4-7-16(18)10-15(12)11-20(3)13(2)14-5-8-17(9-6-14)23(19,21)22/h4-10,13H,11H2,1-3H3,(H2,19,21,22)/t13-/m1/s1.